The first-order valence-corrected chi connectivity index (χ1v) is 9.70. The Bertz CT molecular complexity index is 1070. The van der Waals surface area contributed by atoms with E-state index in [-0.39, 0.29) is 10.8 Å². The quantitative estimate of drug-likeness (QED) is 0.643. The van der Waals surface area contributed by atoms with Gasteiger partial charge in [0.25, 0.3) is 10.0 Å². The van der Waals surface area contributed by atoms with Crippen molar-refractivity contribution < 1.29 is 13.2 Å². The van der Waals surface area contributed by atoms with Gasteiger partial charge in [-0.05, 0) is 48.7 Å². The first-order valence-electron chi connectivity index (χ1n) is 8.21. The number of aromatic nitrogens is 1. The Labute approximate surface area is 152 Å². The third-order valence-electron chi connectivity index (χ3n) is 4.26. The Morgan fingerprint density at radius 1 is 1.04 bits per heavy atom. The summed E-state index contributed by atoms with van der Waals surface area (Å²) >= 11 is 0. The van der Waals surface area contributed by atoms with Gasteiger partial charge in [0.15, 0.2) is 0 Å². The molecule has 0 bridgehead atoms. The first-order chi connectivity index (χ1) is 12.3. The molecule has 0 aliphatic rings. The van der Waals surface area contributed by atoms with Gasteiger partial charge in [0.2, 0.25) is 5.91 Å². The zero-order valence-electron chi connectivity index (χ0n) is 14.9. The van der Waals surface area contributed by atoms with Crippen molar-refractivity contribution >= 4 is 32.5 Å². The highest BCUT2D eigenvalue weighted by atomic mass is 32.2. The number of nitrogens with one attached hydrogen (secondary N) is 3. The molecule has 136 valence electrons. The van der Waals surface area contributed by atoms with Gasteiger partial charge in [-0.1, -0.05) is 18.2 Å². The van der Waals surface area contributed by atoms with Crippen LogP contribution in [0.2, 0.25) is 0 Å². The van der Waals surface area contributed by atoms with Crippen LogP contribution in [0.25, 0.3) is 10.9 Å². The van der Waals surface area contributed by atoms with Gasteiger partial charge < -0.3 is 10.3 Å². The van der Waals surface area contributed by atoms with E-state index in [0.29, 0.717) is 12.2 Å². The highest BCUT2D eigenvalue weighted by Gasteiger charge is 2.17. The van der Waals surface area contributed by atoms with E-state index in [1.807, 2.05) is 26.1 Å². The van der Waals surface area contributed by atoms with Crippen LogP contribution in [-0.2, 0) is 21.4 Å². The fourth-order valence-corrected chi connectivity index (χ4v) is 3.99. The lowest BCUT2D eigenvalue weighted by Crippen LogP contribution is -2.19. The minimum absolute atomic E-state index is 0.131. The van der Waals surface area contributed by atoms with Crippen LogP contribution in [0.15, 0.2) is 47.5 Å². The third kappa shape index (κ3) is 3.57. The summed E-state index contributed by atoms with van der Waals surface area (Å²) in [6.45, 7) is 5.78. The number of benzene rings is 2. The fraction of sp³-hybridized carbons (Fsp3) is 0.211. The largest absolute Gasteiger partial charge is 0.359 e. The number of anilines is 1. The van der Waals surface area contributed by atoms with Crippen LogP contribution >= 0.6 is 0 Å². The van der Waals surface area contributed by atoms with Gasteiger partial charge in [-0.2, -0.15) is 0 Å². The molecule has 0 atom stereocenters. The highest BCUT2D eigenvalue weighted by molar-refractivity contribution is 7.92. The van der Waals surface area contributed by atoms with Crippen LogP contribution in [0.1, 0.15) is 23.6 Å². The molecule has 26 heavy (non-hydrogen) atoms. The van der Waals surface area contributed by atoms with Crippen LogP contribution in [-0.4, -0.2) is 19.3 Å². The Hall–Kier alpha value is -2.80. The lowest BCUT2D eigenvalue weighted by atomic mass is 10.1. The number of carbonyl (C=O) groups excluding carboxylic acids is 1. The standard InChI is InChI=1S/C19H21N3O3S/c1-12-4-9-17(19-18(12)13(2)10-21-19)22-26(24,25)16-7-5-15(6-8-16)11-20-14(3)23/h4-10,21-22H,11H2,1-3H3,(H,20,23). The summed E-state index contributed by atoms with van der Waals surface area (Å²) in [5.41, 5.74) is 4.27. The number of hydrogen-bond donors (Lipinski definition) is 3. The Balaban J connectivity index is 1.88. The second-order valence-electron chi connectivity index (χ2n) is 6.31. The molecular formula is C19H21N3O3S. The zero-order valence-corrected chi connectivity index (χ0v) is 15.7. The molecule has 0 spiro atoms. The molecule has 0 unspecified atom stereocenters. The number of aryl methyl sites for hydroxylation is 2. The molecule has 3 N–H and O–H groups in total. The molecule has 1 heterocycles. The van der Waals surface area contributed by atoms with E-state index >= 15 is 0 Å². The minimum Gasteiger partial charge on any atom is -0.359 e. The number of hydrogen-bond acceptors (Lipinski definition) is 3. The maximum Gasteiger partial charge on any atom is 0.261 e. The number of carbonyl (C=O) groups is 1. The van der Waals surface area contributed by atoms with Gasteiger partial charge in [0, 0.05) is 25.1 Å². The van der Waals surface area contributed by atoms with Gasteiger partial charge in [-0.25, -0.2) is 8.42 Å². The molecule has 0 aliphatic heterocycles. The second-order valence-corrected chi connectivity index (χ2v) is 7.99. The van der Waals surface area contributed by atoms with Gasteiger partial charge >= 0.3 is 0 Å². The predicted octanol–water partition coefficient (Wildman–Crippen LogP) is 3.22. The average Bonchev–Trinajstić information content (AvgIpc) is 2.99. The number of rotatable bonds is 5. The summed E-state index contributed by atoms with van der Waals surface area (Å²) in [6, 6.07) is 10.1. The summed E-state index contributed by atoms with van der Waals surface area (Å²) in [7, 11) is -3.71. The van der Waals surface area contributed by atoms with E-state index in [1.165, 1.54) is 19.1 Å². The molecule has 1 aromatic heterocycles. The summed E-state index contributed by atoms with van der Waals surface area (Å²) in [5.74, 6) is -0.131. The maximum atomic E-state index is 12.7. The van der Waals surface area contributed by atoms with Crippen LogP contribution in [0.3, 0.4) is 0 Å². The zero-order chi connectivity index (χ0) is 18.9. The Kier molecular flexibility index (Phi) is 4.73. The smallest absolute Gasteiger partial charge is 0.261 e. The normalized spacial score (nSPS) is 11.5. The maximum absolute atomic E-state index is 12.7. The van der Waals surface area contributed by atoms with Crippen molar-refractivity contribution in [2.24, 2.45) is 0 Å². The van der Waals surface area contributed by atoms with Gasteiger partial charge in [0.1, 0.15) is 0 Å². The van der Waals surface area contributed by atoms with Crippen molar-refractivity contribution in [2.45, 2.75) is 32.2 Å². The number of amides is 1. The molecular weight excluding hydrogens is 350 g/mol. The van der Waals surface area contributed by atoms with Crippen molar-refractivity contribution in [1.29, 1.82) is 0 Å². The van der Waals surface area contributed by atoms with Crippen molar-refractivity contribution in [1.82, 2.24) is 10.3 Å². The van der Waals surface area contributed by atoms with E-state index in [0.717, 1.165) is 27.6 Å². The minimum atomic E-state index is -3.71. The number of sulfonamides is 1. The molecule has 3 aromatic rings. The van der Waals surface area contributed by atoms with Crippen molar-refractivity contribution in [3.05, 3.63) is 59.3 Å². The molecule has 0 fully saturated rings. The average molecular weight is 371 g/mol. The summed E-state index contributed by atoms with van der Waals surface area (Å²) < 4.78 is 28.1. The summed E-state index contributed by atoms with van der Waals surface area (Å²) in [4.78, 5) is 14.3. The number of aromatic amines is 1. The molecule has 0 aliphatic carbocycles. The topological polar surface area (TPSA) is 91.1 Å². The number of fused-ring (bicyclic) bond motifs is 1. The summed E-state index contributed by atoms with van der Waals surface area (Å²) in [6.07, 6.45) is 1.87. The van der Waals surface area contributed by atoms with Crippen molar-refractivity contribution in [2.75, 3.05) is 4.72 Å². The van der Waals surface area contributed by atoms with Crippen molar-refractivity contribution in [3.63, 3.8) is 0 Å². The number of H-pyrrole nitrogens is 1. The predicted molar refractivity (Wildman–Crippen MR) is 103 cm³/mol. The van der Waals surface area contributed by atoms with Crippen LogP contribution in [0.4, 0.5) is 5.69 Å². The van der Waals surface area contributed by atoms with E-state index in [4.69, 9.17) is 0 Å². The fourth-order valence-electron chi connectivity index (χ4n) is 2.92. The van der Waals surface area contributed by atoms with Crippen LogP contribution in [0.5, 0.6) is 0 Å². The Morgan fingerprint density at radius 2 is 1.73 bits per heavy atom. The molecule has 2 aromatic carbocycles. The molecule has 3 rings (SSSR count). The summed E-state index contributed by atoms with van der Waals surface area (Å²) in [5, 5.41) is 3.70. The van der Waals surface area contributed by atoms with Crippen LogP contribution in [0, 0.1) is 13.8 Å². The van der Waals surface area contributed by atoms with Gasteiger partial charge in [-0.15, -0.1) is 0 Å². The third-order valence-corrected chi connectivity index (χ3v) is 5.64. The van der Waals surface area contributed by atoms with E-state index in [2.05, 4.69) is 15.0 Å². The lowest BCUT2D eigenvalue weighted by Gasteiger charge is -2.11. The van der Waals surface area contributed by atoms with Crippen molar-refractivity contribution in [3.8, 4) is 0 Å². The SMILES string of the molecule is CC(=O)NCc1ccc(S(=O)(=O)Nc2ccc(C)c3c(C)c[nH]c23)cc1. The molecule has 0 saturated carbocycles. The first kappa shape index (κ1) is 18.0. The molecule has 1 amide bonds. The molecule has 7 heteroatoms. The second kappa shape index (κ2) is 6.84. The van der Waals surface area contributed by atoms with Crippen LogP contribution < -0.4 is 10.0 Å². The van der Waals surface area contributed by atoms with E-state index < -0.39 is 10.0 Å². The lowest BCUT2D eigenvalue weighted by molar-refractivity contribution is -0.119. The van der Waals surface area contributed by atoms with E-state index in [1.54, 1.807) is 18.2 Å². The molecule has 0 radical (unpaired) electrons. The molecule has 0 saturated heterocycles. The monoisotopic (exact) mass is 371 g/mol. The Morgan fingerprint density at radius 3 is 2.38 bits per heavy atom. The highest BCUT2D eigenvalue weighted by Crippen LogP contribution is 2.29. The van der Waals surface area contributed by atoms with Gasteiger partial charge in [0.05, 0.1) is 16.1 Å². The molecule has 6 nitrogen and oxygen atoms in total. The van der Waals surface area contributed by atoms with Gasteiger partial charge in [-0.3, -0.25) is 9.52 Å². The van der Waals surface area contributed by atoms with E-state index in [9.17, 15) is 13.2 Å².